The zero-order valence-electron chi connectivity index (χ0n) is 9.65. The van der Waals surface area contributed by atoms with Crippen molar-refractivity contribution in [2.45, 2.75) is 6.42 Å². The maximum atomic E-state index is 5.56. The Labute approximate surface area is 96.3 Å². The summed E-state index contributed by atoms with van der Waals surface area (Å²) in [7, 11) is 1.66. The van der Waals surface area contributed by atoms with E-state index in [-0.39, 0.29) is 0 Å². The highest BCUT2D eigenvalue weighted by atomic mass is 16.5. The van der Waals surface area contributed by atoms with Crippen LogP contribution in [0.2, 0.25) is 0 Å². The summed E-state index contributed by atoms with van der Waals surface area (Å²) in [4.78, 5) is 0. The molecule has 0 fully saturated rings. The van der Waals surface area contributed by atoms with Gasteiger partial charge in [-0.1, -0.05) is 0 Å². The molecule has 0 amide bonds. The van der Waals surface area contributed by atoms with Gasteiger partial charge in [0.15, 0.2) is 0 Å². The summed E-state index contributed by atoms with van der Waals surface area (Å²) in [6.45, 7) is 2.62. The molecule has 16 heavy (non-hydrogen) atoms. The Hall–Kier alpha value is -1.26. The van der Waals surface area contributed by atoms with Crippen molar-refractivity contribution >= 4 is 5.69 Å². The van der Waals surface area contributed by atoms with Crippen molar-refractivity contribution in [1.82, 2.24) is 0 Å². The third kappa shape index (κ3) is 5.58. The number of anilines is 1. The van der Waals surface area contributed by atoms with Crippen LogP contribution in [-0.4, -0.2) is 33.5 Å². The second-order valence-electron chi connectivity index (χ2n) is 3.38. The Balaban J connectivity index is 2.01. The lowest BCUT2D eigenvalue weighted by Gasteiger charge is -2.06. The Morgan fingerprint density at radius 2 is 1.75 bits per heavy atom. The summed E-state index contributed by atoms with van der Waals surface area (Å²) in [6, 6.07) is 7.37. The molecule has 90 valence electrons. The van der Waals surface area contributed by atoms with Crippen molar-refractivity contribution < 1.29 is 14.2 Å². The molecule has 0 atom stereocenters. The van der Waals surface area contributed by atoms with Gasteiger partial charge in [0.1, 0.15) is 5.75 Å². The van der Waals surface area contributed by atoms with Crippen molar-refractivity contribution in [1.29, 1.82) is 0 Å². The maximum absolute atomic E-state index is 5.56. The average Bonchev–Trinajstić information content (AvgIpc) is 2.30. The molecule has 4 heteroatoms. The number of nitrogens with two attached hydrogens (primary N) is 1. The van der Waals surface area contributed by atoms with E-state index in [0.717, 1.165) is 17.9 Å². The number of hydrogen-bond acceptors (Lipinski definition) is 4. The zero-order valence-corrected chi connectivity index (χ0v) is 9.65. The van der Waals surface area contributed by atoms with E-state index in [1.165, 1.54) is 0 Å². The second kappa shape index (κ2) is 7.96. The summed E-state index contributed by atoms with van der Waals surface area (Å²) >= 11 is 0. The minimum atomic E-state index is 0.637. The molecule has 1 aromatic rings. The molecule has 0 bridgehead atoms. The van der Waals surface area contributed by atoms with E-state index in [1.54, 1.807) is 7.11 Å². The van der Waals surface area contributed by atoms with Crippen LogP contribution in [0.25, 0.3) is 0 Å². The van der Waals surface area contributed by atoms with Gasteiger partial charge in [0, 0.05) is 25.8 Å². The molecule has 0 aromatic heterocycles. The fourth-order valence-electron chi connectivity index (χ4n) is 1.16. The van der Waals surface area contributed by atoms with Crippen molar-refractivity contribution in [3.8, 4) is 5.75 Å². The summed E-state index contributed by atoms with van der Waals surface area (Å²) < 4.78 is 15.7. The SMILES string of the molecule is COCCOCCCOc1ccc(N)cc1. The number of hydrogen-bond donors (Lipinski definition) is 1. The fourth-order valence-corrected chi connectivity index (χ4v) is 1.16. The zero-order chi connectivity index (χ0) is 11.6. The van der Waals surface area contributed by atoms with Crippen LogP contribution in [0.1, 0.15) is 6.42 Å². The molecule has 2 N–H and O–H groups in total. The van der Waals surface area contributed by atoms with E-state index < -0.39 is 0 Å². The van der Waals surface area contributed by atoms with E-state index in [1.807, 2.05) is 24.3 Å². The predicted molar refractivity (Wildman–Crippen MR) is 63.7 cm³/mol. The summed E-state index contributed by atoms with van der Waals surface area (Å²) in [5, 5.41) is 0. The first-order valence-electron chi connectivity index (χ1n) is 5.38. The molecule has 0 radical (unpaired) electrons. The highest BCUT2D eigenvalue weighted by molar-refractivity contribution is 5.41. The predicted octanol–water partition coefficient (Wildman–Crippen LogP) is 1.70. The molecule has 0 saturated carbocycles. The van der Waals surface area contributed by atoms with Crippen LogP contribution in [0.4, 0.5) is 5.69 Å². The van der Waals surface area contributed by atoms with Crippen molar-refractivity contribution in [3.05, 3.63) is 24.3 Å². The Bertz CT molecular complexity index is 274. The standard InChI is InChI=1S/C12H19NO3/c1-14-9-10-15-7-2-8-16-12-5-3-11(13)4-6-12/h3-6H,2,7-10,13H2,1H3. The van der Waals surface area contributed by atoms with Crippen LogP contribution in [0, 0.1) is 0 Å². The molecule has 0 unspecified atom stereocenters. The Morgan fingerprint density at radius 1 is 1.00 bits per heavy atom. The van der Waals surface area contributed by atoms with E-state index in [2.05, 4.69) is 0 Å². The van der Waals surface area contributed by atoms with E-state index in [9.17, 15) is 0 Å². The van der Waals surface area contributed by atoms with Gasteiger partial charge in [-0.3, -0.25) is 0 Å². The lowest BCUT2D eigenvalue weighted by atomic mass is 10.3. The first-order chi connectivity index (χ1) is 7.83. The molecule has 1 aromatic carbocycles. The third-order valence-electron chi connectivity index (χ3n) is 2.01. The van der Waals surface area contributed by atoms with Gasteiger partial charge in [-0.25, -0.2) is 0 Å². The number of ether oxygens (including phenoxy) is 3. The molecule has 0 saturated heterocycles. The number of nitrogen functional groups attached to an aromatic ring is 1. The Morgan fingerprint density at radius 3 is 2.44 bits per heavy atom. The highest BCUT2D eigenvalue weighted by Gasteiger charge is 1.93. The van der Waals surface area contributed by atoms with Gasteiger partial charge >= 0.3 is 0 Å². The lowest BCUT2D eigenvalue weighted by Crippen LogP contribution is -2.06. The summed E-state index contributed by atoms with van der Waals surface area (Å²) in [5.74, 6) is 0.839. The van der Waals surface area contributed by atoms with E-state index in [4.69, 9.17) is 19.9 Å². The highest BCUT2D eigenvalue weighted by Crippen LogP contribution is 2.12. The fraction of sp³-hybridized carbons (Fsp3) is 0.500. The first-order valence-corrected chi connectivity index (χ1v) is 5.38. The summed E-state index contributed by atoms with van der Waals surface area (Å²) in [6.07, 6.45) is 0.869. The summed E-state index contributed by atoms with van der Waals surface area (Å²) in [5.41, 5.74) is 6.31. The molecule has 1 rings (SSSR count). The number of methoxy groups -OCH3 is 1. The molecular formula is C12H19NO3. The molecule has 0 aliphatic heterocycles. The molecule has 4 nitrogen and oxygen atoms in total. The number of rotatable bonds is 8. The van der Waals surface area contributed by atoms with Gasteiger partial charge in [-0.05, 0) is 24.3 Å². The molecule has 0 aliphatic carbocycles. The largest absolute Gasteiger partial charge is 0.494 e. The van der Waals surface area contributed by atoms with Gasteiger partial charge in [0.2, 0.25) is 0 Å². The van der Waals surface area contributed by atoms with Crippen LogP contribution in [0.3, 0.4) is 0 Å². The minimum Gasteiger partial charge on any atom is -0.494 e. The van der Waals surface area contributed by atoms with Gasteiger partial charge in [0.05, 0.1) is 19.8 Å². The van der Waals surface area contributed by atoms with Gasteiger partial charge in [-0.2, -0.15) is 0 Å². The minimum absolute atomic E-state index is 0.637. The van der Waals surface area contributed by atoms with Crippen LogP contribution in [-0.2, 0) is 9.47 Å². The van der Waals surface area contributed by atoms with Crippen LogP contribution in [0.15, 0.2) is 24.3 Å². The van der Waals surface area contributed by atoms with Crippen LogP contribution < -0.4 is 10.5 Å². The van der Waals surface area contributed by atoms with Crippen molar-refractivity contribution in [2.75, 3.05) is 39.3 Å². The second-order valence-corrected chi connectivity index (χ2v) is 3.38. The first kappa shape index (κ1) is 12.8. The third-order valence-corrected chi connectivity index (χ3v) is 2.01. The quantitative estimate of drug-likeness (QED) is 0.540. The van der Waals surface area contributed by atoms with Gasteiger partial charge in [0.25, 0.3) is 0 Å². The van der Waals surface area contributed by atoms with Gasteiger partial charge < -0.3 is 19.9 Å². The molecular weight excluding hydrogens is 206 g/mol. The maximum Gasteiger partial charge on any atom is 0.119 e. The van der Waals surface area contributed by atoms with Crippen LogP contribution >= 0.6 is 0 Å². The van der Waals surface area contributed by atoms with E-state index in [0.29, 0.717) is 26.4 Å². The van der Waals surface area contributed by atoms with Crippen LogP contribution in [0.5, 0.6) is 5.75 Å². The average molecular weight is 225 g/mol. The monoisotopic (exact) mass is 225 g/mol. The normalized spacial score (nSPS) is 10.3. The van der Waals surface area contributed by atoms with Crippen molar-refractivity contribution in [2.24, 2.45) is 0 Å². The molecule has 0 aliphatic rings. The van der Waals surface area contributed by atoms with Gasteiger partial charge in [-0.15, -0.1) is 0 Å². The molecule has 0 spiro atoms. The van der Waals surface area contributed by atoms with Crippen molar-refractivity contribution in [3.63, 3.8) is 0 Å². The van der Waals surface area contributed by atoms with E-state index >= 15 is 0 Å². The topological polar surface area (TPSA) is 53.7 Å². The Kier molecular flexibility index (Phi) is 6.37. The smallest absolute Gasteiger partial charge is 0.119 e. The molecule has 0 heterocycles. The number of benzene rings is 1. The lowest BCUT2D eigenvalue weighted by molar-refractivity contribution is 0.0644.